The normalized spacial score (nSPS) is 12.4. The van der Waals surface area contributed by atoms with Crippen molar-refractivity contribution in [2.24, 2.45) is 5.10 Å². The summed E-state index contributed by atoms with van der Waals surface area (Å²) in [4.78, 5) is 8.35. The molecule has 2 aromatic rings. The first kappa shape index (κ1) is 12.7. The summed E-state index contributed by atoms with van der Waals surface area (Å²) < 4.78 is 28.9. The lowest BCUT2D eigenvalue weighted by molar-refractivity contribution is -0.0497. The zero-order valence-electron chi connectivity index (χ0n) is 9.80. The Kier molecular flexibility index (Phi) is 3.19. The Morgan fingerprint density at radius 3 is 2.90 bits per heavy atom. The van der Waals surface area contributed by atoms with Crippen molar-refractivity contribution in [3.8, 4) is 17.0 Å². The van der Waals surface area contributed by atoms with E-state index in [1.807, 2.05) is 0 Å². The van der Waals surface area contributed by atoms with Crippen molar-refractivity contribution in [3.63, 3.8) is 0 Å². The zero-order valence-corrected chi connectivity index (χ0v) is 10.6. The molecule has 1 aliphatic rings. The van der Waals surface area contributed by atoms with Crippen molar-refractivity contribution in [1.82, 2.24) is 15.4 Å². The molecule has 0 atom stereocenters. The second kappa shape index (κ2) is 5.01. The van der Waals surface area contributed by atoms with E-state index in [0.717, 1.165) is 0 Å². The first-order valence-electron chi connectivity index (χ1n) is 5.49. The van der Waals surface area contributed by atoms with Gasteiger partial charge in [0, 0.05) is 5.56 Å². The van der Waals surface area contributed by atoms with Crippen LogP contribution in [0.15, 0.2) is 29.5 Å². The van der Waals surface area contributed by atoms with E-state index < -0.39 is 6.61 Å². The quantitative estimate of drug-likeness (QED) is 0.874. The maximum absolute atomic E-state index is 12.3. The van der Waals surface area contributed by atoms with Crippen LogP contribution in [0.2, 0.25) is 5.02 Å². The number of nitrogens with zero attached hydrogens (tertiary/aromatic N) is 4. The molecule has 8 heteroatoms. The minimum atomic E-state index is -2.95. The van der Waals surface area contributed by atoms with Gasteiger partial charge in [-0.2, -0.15) is 13.9 Å². The van der Waals surface area contributed by atoms with Gasteiger partial charge in [-0.1, -0.05) is 17.7 Å². The minimum Gasteiger partial charge on any atom is -0.433 e. The number of hydrogen-bond donors (Lipinski definition) is 0. The lowest BCUT2D eigenvalue weighted by Gasteiger charge is -2.09. The van der Waals surface area contributed by atoms with Crippen LogP contribution in [-0.2, 0) is 0 Å². The van der Waals surface area contributed by atoms with Crippen LogP contribution in [-0.4, -0.2) is 22.8 Å². The molecular formula is C12H6ClF2N4O. The maximum Gasteiger partial charge on any atom is 0.387 e. The number of fused-ring (bicyclic) bond motifs is 1. The predicted octanol–water partition coefficient (Wildman–Crippen LogP) is 2.98. The molecule has 0 amide bonds. The average Bonchev–Trinajstić information content (AvgIpc) is 2.88. The summed E-state index contributed by atoms with van der Waals surface area (Å²) in [5.74, 6) is 0.267. The number of ether oxygens (including phenoxy) is 1. The third kappa shape index (κ3) is 2.39. The Bertz CT molecular complexity index is 693. The smallest absolute Gasteiger partial charge is 0.387 e. The molecule has 0 aliphatic carbocycles. The van der Waals surface area contributed by atoms with Crippen molar-refractivity contribution in [2.75, 3.05) is 0 Å². The third-order valence-electron chi connectivity index (χ3n) is 2.56. The van der Waals surface area contributed by atoms with Gasteiger partial charge in [-0.05, 0) is 12.1 Å². The van der Waals surface area contributed by atoms with E-state index in [1.54, 1.807) is 6.07 Å². The van der Waals surface area contributed by atoms with Crippen LogP contribution >= 0.6 is 11.6 Å². The molecule has 0 N–H and O–H groups in total. The van der Waals surface area contributed by atoms with Crippen LogP contribution < -0.4 is 10.2 Å². The topological polar surface area (TPSA) is 61.5 Å². The molecule has 1 aromatic carbocycles. The van der Waals surface area contributed by atoms with Crippen LogP contribution in [0, 0.1) is 0 Å². The summed E-state index contributed by atoms with van der Waals surface area (Å²) in [5.41, 5.74) is 5.36. The SMILES string of the molecule is FC(F)Oc1cc(-c2cnc3c(n2)[N]N=C3)ccc1Cl. The molecular weight excluding hydrogens is 290 g/mol. The molecule has 0 spiro atoms. The van der Waals surface area contributed by atoms with E-state index in [4.69, 9.17) is 11.6 Å². The predicted molar refractivity (Wildman–Crippen MR) is 68.5 cm³/mol. The molecule has 1 aliphatic heterocycles. The monoisotopic (exact) mass is 295 g/mol. The van der Waals surface area contributed by atoms with E-state index in [-0.39, 0.29) is 10.8 Å². The highest BCUT2D eigenvalue weighted by Gasteiger charge is 2.15. The molecule has 3 rings (SSSR count). The molecule has 0 unspecified atom stereocenters. The van der Waals surface area contributed by atoms with E-state index in [9.17, 15) is 8.78 Å². The van der Waals surface area contributed by atoms with Crippen molar-refractivity contribution >= 4 is 23.6 Å². The van der Waals surface area contributed by atoms with E-state index in [0.29, 0.717) is 22.8 Å². The number of halogens is 3. The molecule has 0 saturated heterocycles. The van der Waals surface area contributed by atoms with Crippen molar-refractivity contribution in [1.29, 1.82) is 0 Å². The summed E-state index contributed by atoms with van der Waals surface area (Å²) in [6.45, 7) is -2.95. The lowest BCUT2D eigenvalue weighted by atomic mass is 10.1. The molecule has 0 fully saturated rings. The zero-order chi connectivity index (χ0) is 14.1. The van der Waals surface area contributed by atoms with Gasteiger partial charge in [0.15, 0.2) is 0 Å². The van der Waals surface area contributed by atoms with Gasteiger partial charge in [-0.3, -0.25) is 0 Å². The van der Waals surface area contributed by atoms with Crippen LogP contribution in [0.4, 0.5) is 14.6 Å². The van der Waals surface area contributed by atoms with E-state index >= 15 is 0 Å². The summed E-state index contributed by atoms with van der Waals surface area (Å²) in [6, 6.07) is 4.46. The molecule has 101 valence electrons. The summed E-state index contributed by atoms with van der Waals surface area (Å²) in [6.07, 6.45) is 2.99. The van der Waals surface area contributed by atoms with Crippen LogP contribution in [0.1, 0.15) is 5.69 Å². The fourth-order valence-electron chi connectivity index (χ4n) is 1.68. The van der Waals surface area contributed by atoms with Gasteiger partial charge >= 0.3 is 6.61 Å². The van der Waals surface area contributed by atoms with Crippen LogP contribution in [0.25, 0.3) is 11.3 Å². The number of aromatic nitrogens is 2. The van der Waals surface area contributed by atoms with Crippen LogP contribution in [0.5, 0.6) is 5.75 Å². The fraction of sp³-hybridized carbons (Fsp3) is 0.0833. The van der Waals surface area contributed by atoms with Gasteiger partial charge in [-0.25, -0.2) is 9.97 Å². The van der Waals surface area contributed by atoms with Gasteiger partial charge in [0.25, 0.3) is 0 Å². The highest BCUT2D eigenvalue weighted by atomic mass is 35.5. The second-order valence-electron chi connectivity index (χ2n) is 3.83. The Morgan fingerprint density at radius 1 is 1.25 bits per heavy atom. The highest BCUT2D eigenvalue weighted by Crippen LogP contribution is 2.31. The first-order valence-corrected chi connectivity index (χ1v) is 5.87. The summed E-state index contributed by atoms with van der Waals surface area (Å²) in [7, 11) is 0. The van der Waals surface area contributed by atoms with E-state index in [2.05, 4.69) is 25.2 Å². The number of alkyl halides is 2. The summed E-state index contributed by atoms with van der Waals surface area (Å²) >= 11 is 5.79. The molecule has 5 nitrogen and oxygen atoms in total. The number of hydrogen-bond acceptors (Lipinski definition) is 4. The first-order chi connectivity index (χ1) is 9.63. The largest absolute Gasteiger partial charge is 0.433 e. The Balaban J connectivity index is 1.98. The Hall–Kier alpha value is -2.28. The average molecular weight is 296 g/mol. The molecule has 0 saturated carbocycles. The van der Waals surface area contributed by atoms with Gasteiger partial charge < -0.3 is 4.74 Å². The van der Waals surface area contributed by atoms with E-state index in [1.165, 1.54) is 24.5 Å². The molecule has 2 heterocycles. The Morgan fingerprint density at radius 2 is 2.10 bits per heavy atom. The van der Waals surface area contributed by atoms with Gasteiger partial charge in [0.2, 0.25) is 5.82 Å². The third-order valence-corrected chi connectivity index (χ3v) is 2.87. The summed E-state index contributed by atoms with van der Waals surface area (Å²) in [5, 5.41) is 3.78. The van der Waals surface area contributed by atoms with Crippen molar-refractivity contribution in [3.05, 3.63) is 35.1 Å². The number of rotatable bonds is 3. The van der Waals surface area contributed by atoms with Gasteiger partial charge in [0.05, 0.1) is 23.1 Å². The molecule has 1 radical (unpaired) electrons. The van der Waals surface area contributed by atoms with Crippen LogP contribution in [0.3, 0.4) is 0 Å². The van der Waals surface area contributed by atoms with Gasteiger partial charge in [0.1, 0.15) is 11.4 Å². The standard InChI is InChI=1S/C12H6ClF2N4O/c13-7-2-1-6(3-10(7)20-12(14)15)8-4-16-9-5-17-19-11(9)18-8/h1-5,12H. The van der Waals surface area contributed by atoms with Crippen molar-refractivity contribution in [2.45, 2.75) is 6.61 Å². The lowest BCUT2D eigenvalue weighted by Crippen LogP contribution is -2.02. The molecule has 20 heavy (non-hydrogen) atoms. The number of benzene rings is 1. The fourth-order valence-corrected chi connectivity index (χ4v) is 1.84. The molecule has 1 aromatic heterocycles. The second-order valence-corrected chi connectivity index (χ2v) is 4.24. The minimum absolute atomic E-state index is 0.0937. The van der Waals surface area contributed by atoms with Crippen molar-refractivity contribution < 1.29 is 13.5 Å². The van der Waals surface area contributed by atoms with Gasteiger partial charge in [-0.15, -0.1) is 5.43 Å². The molecule has 0 bridgehead atoms. The Labute approximate surface area is 117 Å². The maximum atomic E-state index is 12.3. The highest BCUT2D eigenvalue weighted by molar-refractivity contribution is 6.32.